The molecule has 0 bridgehead atoms. The van der Waals surface area contributed by atoms with Crippen LogP contribution in [0.4, 0.5) is 4.39 Å². The van der Waals surface area contributed by atoms with Gasteiger partial charge in [0.15, 0.2) is 5.88 Å². The molecule has 5 heteroatoms. The molecule has 2 aliphatic rings. The first-order chi connectivity index (χ1) is 15.5. The Morgan fingerprint density at radius 3 is 2.38 bits per heavy atom. The van der Waals surface area contributed by atoms with E-state index in [4.69, 9.17) is 21.7 Å². The summed E-state index contributed by atoms with van der Waals surface area (Å²) in [4.78, 5) is 1.93. The number of hydrogen-bond donors (Lipinski definition) is 1. The van der Waals surface area contributed by atoms with E-state index in [0.29, 0.717) is 47.3 Å². The maximum absolute atomic E-state index is 14.1. The number of nitrogens with zero attached hydrogens (tertiary/aromatic N) is 1. The largest absolute Gasteiger partial charge is 0.478 e. The molecule has 162 valence electrons. The molecule has 32 heavy (non-hydrogen) atoms. The van der Waals surface area contributed by atoms with Crippen LogP contribution in [0.2, 0.25) is 5.02 Å². The second-order valence-corrected chi connectivity index (χ2v) is 8.81. The monoisotopic (exact) mass is 446 g/mol. The normalized spacial score (nSPS) is 17.4. The fourth-order valence-electron chi connectivity index (χ4n) is 4.97. The predicted molar refractivity (Wildman–Crippen MR) is 127 cm³/mol. The van der Waals surface area contributed by atoms with Crippen LogP contribution in [0.1, 0.15) is 40.6 Å². The minimum absolute atomic E-state index is 0.111. The summed E-state index contributed by atoms with van der Waals surface area (Å²) in [5.41, 5.74) is 6.71. The van der Waals surface area contributed by atoms with Gasteiger partial charge in [0.2, 0.25) is 0 Å². The van der Waals surface area contributed by atoms with Crippen LogP contribution >= 0.6 is 11.6 Å². The molecule has 0 spiro atoms. The summed E-state index contributed by atoms with van der Waals surface area (Å²) in [5, 5.41) is 8.96. The van der Waals surface area contributed by atoms with Gasteiger partial charge in [-0.3, -0.25) is 0 Å². The number of hydrogen-bond acceptors (Lipinski definition) is 3. The van der Waals surface area contributed by atoms with Crippen molar-refractivity contribution in [2.75, 3.05) is 13.2 Å². The van der Waals surface area contributed by atoms with Crippen LogP contribution in [0.5, 0.6) is 0 Å². The molecule has 3 aromatic rings. The maximum atomic E-state index is 14.1. The third-order valence-corrected chi connectivity index (χ3v) is 7.02. The third-order valence-electron chi connectivity index (χ3n) is 6.51. The van der Waals surface area contributed by atoms with Crippen LogP contribution < -0.4 is 0 Å². The number of ether oxygens (including phenoxy) is 1. The molecule has 1 N–H and O–H groups in total. The standard InChI is InChI=1S/C27H24ClFN2O/c1-16-13-18(29)14-23(26(16)28)27-25(30)11-12-31(27)17(2)32-15-24-21-9-5-3-7-19(21)20-8-4-6-10-22(20)24/h3-10,13-14,24,27,30H,2,11-12,15H2,1H3. The topological polar surface area (TPSA) is 36.3 Å². The zero-order valence-corrected chi connectivity index (χ0v) is 18.6. The fraction of sp³-hybridized carbons (Fsp3) is 0.222. The van der Waals surface area contributed by atoms with E-state index in [1.165, 1.54) is 34.4 Å². The molecular formula is C27H24ClFN2O. The maximum Gasteiger partial charge on any atom is 0.182 e. The Hall–Kier alpha value is -3.11. The number of rotatable bonds is 5. The number of halogens is 2. The van der Waals surface area contributed by atoms with Gasteiger partial charge in [-0.05, 0) is 53.5 Å². The molecule has 1 unspecified atom stereocenters. The zero-order valence-electron chi connectivity index (χ0n) is 17.9. The molecule has 0 aromatic heterocycles. The molecular weight excluding hydrogens is 423 g/mol. The highest BCUT2D eigenvalue weighted by Crippen LogP contribution is 2.45. The predicted octanol–water partition coefficient (Wildman–Crippen LogP) is 6.85. The lowest BCUT2D eigenvalue weighted by Gasteiger charge is -2.30. The lowest BCUT2D eigenvalue weighted by molar-refractivity contribution is 0.108. The van der Waals surface area contributed by atoms with Gasteiger partial charge in [-0.25, -0.2) is 4.39 Å². The average molecular weight is 447 g/mol. The molecule has 3 nitrogen and oxygen atoms in total. The van der Waals surface area contributed by atoms with Crippen LogP contribution in [0.3, 0.4) is 0 Å². The second kappa shape index (κ2) is 8.10. The molecule has 1 saturated heterocycles. The van der Waals surface area contributed by atoms with E-state index in [0.717, 1.165) is 0 Å². The second-order valence-electron chi connectivity index (χ2n) is 8.43. The fourth-order valence-corrected chi connectivity index (χ4v) is 5.18. The first-order valence-electron chi connectivity index (χ1n) is 10.7. The highest BCUT2D eigenvalue weighted by molar-refractivity contribution is 6.32. The first-order valence-corrected chi connectivity index (χ1v) is 11.1. The molecule has 1 heterocycles. The molecule has 1 atom stereocenters. The van der Waals surface area contributed by atoms with Gasteiger partial charge in [0.25, 0.3) is 0 Å². The highest BCUT2D eigenvalue weighted by atomic mass is 35.5. The van der Waals surface area contributed by atoms with Crippen LogP contribution in [-0.2, 0) is 4.74 Å². The van der Waals surface area contributed by atoms with Gasteiger partial charge in [0.05, 0.1) is 6.04 Å². The number of likely N-dealkylation sites (tertiary alicyclic amines) is 1. The van der Waals surface area contributed by atoms with Gasteiger partial charge in [-0.2, -0.15) is 0 Å². The van der Waals surface area contributed by atoms with Crippen molar-refractivity contribution in [2.45, 2.75) is 25.3 Å². The summed E-state index contributed by atoms with van der Waals surface area (Å²) in [6, 6.07) is 19.2. The minimum atomic E-state index is -0.465. The van der Waals surface area contributed by atoms with E-state index in [9.17, 15) is 4.39 Å². The van der Waals surface area contributed by atoms with Gasteiger partial charge in [-0.1, -0.05) is 60.1 Å². The summed E-state index contributed by atoms with van der Waals surface area (Å²) in [5.74, 6) is 0.240. The molecule has 1 fully saturated rings. The van der Waals surface area contributed by atoms with Crippen molar-refractivity contribution >= 4 is 17.3 Å². The van der Waals surface area contributed by atoms with Crippen molar-refractivity contribution < 1.29 is 9.13 Å². The van der Waals surface area contributed by atoms with Gasteiger partial charge in [-0.15, -0.1) is 0 Å². The smallest absolute Gasteiger partial charge is 0.182 e. The highest BCUT2D eigenvalue weighted by Gasteiger charge is 2.35. The minimum Gasteiger partial charge on any atom is -0.478 e. The van der Waals surface area contributed by atoms with Crippen LogP contribution in [0.25, 0.3) is 11.1 Å². The zero-order chi connectivity index (χ0) is 22.4. The van der Waals surface area contributed by atoms with Crippen molar-refractivity contribution in [3.05, 3.63) is 106 Å². The summed E-state index contributed by atoms with van der Waals surface area (Å²) >= 11 is 6.51. The quantitative estimate of drug-likeness (QED) is 0.435. The lowest BCUT2D eigenvalue weighted by Crippen LogP contribution is -2.27. The van der Waals surface area contributed by atoms with Crippen molar-refractivity contribution in [1.29, 1.82) is 5.41 Å². The summed E-state index contributed by atoms with van der Waals surface area (Å²) < 4.78 is 20.4. The Kier molecular flexibility index (Phi) is 5.26. The summed E-state index contributed by atoms with van der Waals surface area (Å²) in [6.45, 7) is 6.97. The lowest BCUT2D eigenvalue weighted by atomic mass is 9.98. The number of aryl methyl sites for hydroxylation is 1. The van der Waals surface area contributed by atoms with E-state index >= 15 is 0 Å². The Bertz CT molecular complexity index is 1190. The van der Waals surface area contributed by atoms with Crippen molar-refractivity contribution in [2.24, 2.45) is 0 Å². The van der Waals surface area contributed by atoms with Gasteiger partial charge < -0.3 is 15.0 Å². The molecule has 0 radical (unpaired) electrons. The van der Waals surface area contributed by atoms with E-state index in [-0.39, 0.29) is 11.7 Å². The Morgan fingerprint density at radius 2 is 1.72 bits per heavy atom. The molecule has 1 aliphatic heterocycles. The summed E-state index contributed by atoms with van der Waals surface area (Å²) in [7, 11) is 0. The molecule has 3 aromatic carbocycles. The average Bonchev–Trinajstić information content (AvgIpc) is 3.33. The number of fused-ring (bicyclic) bond motifs is 3. The molecule has 0 saturated carbocycles. The van der Waals surface area contributed by atoms with E-state index in [1.54, 1.807) is 6.92 Å². The Morgan fingerprint density at radius 1 is 1.09 bits per heavy atom. The van der Waals surface area contributed by atoms with Crippen molar-refractivity contribution in [3.63, 3.8) is 0 Å². The number of benzene rings is 3. The Balaban J connectivity index is 1.39. The number of nitrogens with one attached hydrogen (secondary N) is 1. The van der Waals surface area contributed by atoms with Crippen molar-refractivity contribution in [1.82, 2.24) is 4.90 Å². The van der Waals surface area contributed by atoms with Crippen LogP contribution in [0, 0.1) is 18.2 Å². The van der Waals surface area contributed by atoms with E-state index < -0.39 is 6.04 Å². The van der Waals surface area contributed by atoms with Crippen LogP contribution in [-0.4, -0.2) is 23.8 Å². The van der Waals surface area contributed by atoms with Crippen LogP contribution in [0.15, 0.2) is 73.1 Å². The molecule has 5 rings (SSSR count). The molecule has 0 amide bonds. The summed E-state index contributed by atoms with van der Waals surface area (Å²) in [6.07, 6.45) is 0.564. The van der Waals surface area contributed by atoms with E-state index in [1.807, 2.05) is 4.90 Å². The van der Waals surface area contributed by atoms with Gasteiger partial charge in [0, 0.05) is 35.2 Å². The molecule has 1 aliphatic carbocycles. The van der Waals surface area contributed by atoms with Crippen molar-refractivity contribution in [3.8, 4) is 11.1 Å². The van der Waals surface area contributed by atoms with Gasteiger partial charge >= 0.3 is 0 Å². The third kappa shape index (κ3) is 3.39. The van der Waals surface area contributed by atoms with Gasteiger partial charge in [0.1, 0.15) is 12.4 Å². The SMILES string of the molecule is C=C(OCC1c2ccccc2-c2ccccc21)N1CCC(=N)C1c1cc(F)cc(C)c1Cl. The Labute approximate surface area is 192 Å². The van der Waals surface area contributed by atoms with E-state index in [2.05, 4.69) is 55.1 Å². The first kappa shape index (κ1) is 20.8.